The van der Waals surface area contributed by atoms with Gasteiger partial charge >= 0.3 is 0 Å². The molecule has 0 bridgehead atoms. The van der Waals surface area contributed by atoms with Crippen molar-refractivity contribution in [1.29, 1.82) is 0 Å². The Morgan fingerprint density at radius 2 is 1.75 bits per heavy atom. The minimum atomic E-state index is 0.465. The third-order valence-electron chi connectivity index (χ3n) is 2.77. The maximum atomic E-state index is 5.89. The van der Waals surface area contributed by atoms with Gasteiger partial charge in [-0.1, -0.05) is 35.5 Å². The lowest BCUT2D eigenvalue weighted by Crippen LogP contribution is -1.89. The molecule has 0 saturated heterocycles. The van der Waals surface area contributed by atoms with Crippen LogP contribution in [0.1, 0.15) is 5.82 Å². The maximum Gasteiger partial charge on any atom is 0.260 e. The minimum absolute atomic E-state index is 0.465. The van der Waals surface area contributed by atoms with E-state index in [9.17, 15) is 0 Å². The molecule has 1 aromatic heterocycles. The monoisotopic (exact) mass is 283 g/mol. The van der Waals surface area contributed by atoms with Gasteiger partial charge in [0.15, 0.2) is 5.82 Å². The molecule has 0 radical (unpaired) electrons. The zero-order valence-corrected chi connectivity index (χ0v) is 11.5. The fourth-order valence-corrected chi connectivity index (χ4v) is 2.54. The minimum Gasteiger partial charge on any atom is -0.398 e. The molecule has 2 N–H and O–H groups in total. The Labute approximate surface area is 121 Å². The second kappa shape index (κ2) is 5.79. The van der Waals surface area contributed by atoms with Crippen LogP contribution in [0.15, 0.2) is 64.0 Å². The molecule has 0 aliphatic carbocycles. The van der Waals surface area contributed by atoms with Gasteiger partial charge in [0, 0.05) is 10.6 Å². The number of para-hydroxylation sites is 1. The van der Waals surface area contributed by atoms with Crippen LogP contribution < -0.4 is 5.73 Å². The molecular formula is C15H13N3OS. The topological polar surface area (TPSA) is 64.9 Å². The third-order valence-corrected chi connectivity index (χ3v) is 3.78. The third kappa shape index (κ3) is 2.83. The molecule has 3 aromatic rings. The summed E-state index contributed by atoms with van der Waals surface area (Å²) in [5, 5.41) is 3.99. The highest BCUT2D eigenvalue weighted by Crippen LogP contribution is 2.26. The number of benzene rings is 2. The van der Waals surface area contributed by atoms with E-state index < -0.39 is 0 Å². The molecule has 100 valence electrons. The molecule has 0 spiro atoms. The Morgan fingerprint density at radius 3 is 2.55 bits per heavy atom. The first-order chi connectivity index (χ1) is 9.83. The summed E-state index contributed by atoms with van der Waals surface area (Å²) < 4.78 is 5.27. The van der Waals surface area contributed by atoms with Gasteiger partial charge in [0.1, 0.15) is 0 Å². The molecule has 2 aromatic carbocycles. The van der Waals surface area contributed by atoms with Crippen molar-refractivity contribution in [2.75, 3.05) is 5.73 Å². The molecule has 0 fully saturated rings. The van der Waals surface area contributed by atoms with E-state index in [1.807, 2.05) is 42.5 Å². The summed E-state index contributed by atoms with van der Waals surface area (Å²) in [5.41, 5.74) is 7.31. The Hall–Kier alpha value is -2.27. The molecule has 0 unspecified atom stereocenters. The molecule has 20 heavy (non-hydrogen) atoms. The summed E-state index contributed by atoms with van der Waals surface area (Å²) in [6.07, 6.45) is 0. The van der Waals surface area contributed by atoms with E-state index in [-0.39, 0.29) is 0 Å². The van der Waals surface area contributed by atoms with Crippen molar-refractivity contribution in [2.24, 2.45) is 0 Å². The summed E-state index contributed by atoms with van der Waals surface area (Å²) in [6, 6.07) is 17.6. The highest BCUT2D eigenvalue weighted by atomic mass is 32.2. The van der Waals surface area contributed by atoms with Crippen LogP contribution in [0.3, 0.4) is 0 Å². The number of thioether (sulfide) groups is 1. The molecule has 0 aliphatic rings. The van der Waals surface area contributed by atoms with Gasteiger partial charge in [-0.25, -0.2) is 0 Å². The zero-order chi connectivity index (χ0) is 13.8. The van der Waals surface area contributed by atoms with Gasteiger partial charge in [-0.2, -0.15) is 4.98 Å². The van der Waals surface area contributed by atoms with Crippen molar-refractivity contribution in [3.8, 4) is 11.5 Å². The lowest BCUT2D eigenvalue weighted by molar-refractivity contribution is 0.425. The van der Waals surface area contributed by atoms with E-state index in [4.69, 9.17) is 10.3 Å². The summed E-state index contributed by atoms with van der Waals surface area (Å²) in [5.74, 6) is 1.80. The van der Waals surface area contributed by atoms with Crippen molar-refractivity contribution < 1.29 is 4.52 Å². The zero-order valence-electron chi connectivity index (χ0n) is 10.7. The van der Waals surface area contributed by atoms with Crippen molar-refractivity contribution in [3.63, 3.8) is 0 Å². The fourth-order valence-electron chi connectivity index (χ4n) is 1.78. The number of nitrogen functional groups attached to an aromatic ring is 1. The van der Waals surface area contributed by atoms with Crippen molar-refractivity contribution in [2.45, 2.75) is 10.6 Å². The predicted octanol–water partition coefficient (Wildman–Crippen LogP) is 3.61. The van der Waals surface area contributed by atoms with Crippen LogP contribution in [-0.2, 0) is 5.75 Å². The number of rotatable bonds is 4. The number of nitrogens with two attached hydrogens (primary N) is 1. The highest BCUT2D eigenvalue weighted by molar-refractivity contribution is 7.98. The lowest BCUT2D eigenvalue weighted by atomic mass is 10.2. The standard InChI is InChI=1S/C15H13N3OS/c16-13-9-5-4-8-12(13)15-17-14(18-19-15)10-20-11-6-2-1-3-7-11/h1-9H,10,16H2. The molecule has 4 nitrogen and oxygen atoms in total. The summed E-state index contributed by atoms with van der Waals surface area (Å²) in [4.78, 5) is 5.56. The molecular weight excluding hydrogens is 270 g/mol. The van der Waals surface area contributed by atoms with Crippen LogP contribution in [0.25, 0.3) is 11.5 Å². The first-order valence-corrected chi connectivity index (χ1v) is 7.17. The van der Waals surface area contributed by atoms with Gasteiger partial charge in [-0.05, 0) is 24.3 Å². The smallest absolute Gasteiger partial charge is 0.260 e. The van der Waals surface area contributed by atoms with Gasteiger partial charge in [0.05, 0.1) is 11.3 Å². The van der Waals surface area contributed by atoms with E-state index >= 15 is 0 Å². The second-order valence-corrected chi connectivity index (χ2v) is 5.25. The van der Waals surface area contributed by atoms with Crippen molar-refractivity contribution in [3.05, 3.63) is 60.4 Å². The molecule has 1 heterocycles. The van der Waals surface area contributed by atoms with Crippen molar-refractivity contribution in [1.82, 2.24) is 10.1 Å². The maximum absolute atomic E-state index is 5.89. The first-order valence-electron chi connectivity index (χ1n) is 6.18. The van der Waals surface area contributed by atoms with E-state index in [0.717, 1.165) is 5.56 Å². The van der Waals surface area contributed by atoms with Crippen LogP contribution in [-0.4, -0.2) is 10.1 Å². The quantitative estimate of drug-likeness (QED) is 0.585. The first kappa shape index (κ1) is 12.7. The Morgan fingerprint density at radius 1 is 1.00 bits per heavy atom. The normalized spacial score (nSPS) is 10.6. The number of anilines is 1. The number of aromatic nitrogens is 2. The van der Waals surface area contributed by atoms with Crippen LogP contribution >= 0.6 is 11.8 Å². The van der Waals surface area contributed by atoms with E-state index in [0.29, 0.717) is 23.2 Å². The lowest BCUT2D eigenvalue weighted by Gasteiger charge is -1.98. The molecule has 5 heteroatoms. The van der Waals surface area contributed by atoms with Gasteiger partial charge < -0.3 is 10.3 Å². The summed E-state index contributed by atoms with van der Waals surface area (Å²) >= 11 is 1.67. The SMILES string of the molecule is Nc1ccccc1-c1nc(CSc2ccccc2)no1. The Balaban J connectivity index is 1.73. The molecule has 0 aliphatic heterocycles. The number of hydrogen-bond acceptors (Lipinski definition) is 5. The largest absolute Gasteiger partial charge is 0.398 e. The Kier molecular flexibility index (Phi) is 3.69. The van der Waals surface area contributed by atoms with Gasteiger partial charge in [-0.15, -0.1) is 11.8 Å². The average Bonchev–Trinajstić information content (AvgIpc) is 2.95. The fraction of sp³-hybridized carbons (Fsp3) is 0.0667. The number of hydrogen-bond donors (Lipinski definition) is 1. The van der Waals surface area contributed by atoms with Gasteiger partial charge in [0.2, 0.25) is 0 Å². The van der Waals surface area contributed by atoms with Gasteiger partial charge in [0.25, 0.3) is 5.89 Å². The summed E-state index contributed by atoms with van der Waals surface area (Å²) in [7, 11) is 0. The average molecular weight is 283 g/mol. The second-order valence-electron chi connectivity index (χ2n) is 4.20. The van der Waals surface area contributed by atoms with Crippen LogP contribution in [0.5, 0.6) is 0 Å². The Bertz CT molecular complexity index is 697. The summed E-state index contributed by atoms with van der Waals surface area (Å²) in [6.45, 7) is 0. The number of nitrogens with zero attached hydrogens (tertiary/aromatic N) is 2. The van der Waals surface area contributed by atoms with E-state index in [2.05, 4.69) is 22.3 Å². The van der Waals surface area contributed by atoms with Crippen LogP contribution in [0.2, 0.25) is 0 Å². The highest BCUT2D eigenvalue weighted by Gasteiger charge is 2.11. The van der Waals surface area contributed by atoms with Crippen LogP contribution in [0.4, 0.5) is 5.69 Å². The molecule has 3 rings (SSSR count). The van der Waals surface area contributed by atoms with Gasteiger partial charge in [-0.3, -0.25) is 0 Å². The van der Waals surface area contributed by atoms with E-state index in [1.54, 1.807) is 11.8 Å². The van der Waals surface area contributed by atoms with E-state index in [1.165, 1.54) is 4.90 Å². The van der Waals surface area contributed by atoms with Crippen LogP contribution in [0, 0.1) is 0 Å². The molecule has 0 atom stereocenters. The molecule has 0 saturated carbocycles. The van der Waals surface area contributed by atoms with Crippen molar-refractivity contribution >= 4 is 17.4 Å². The molecule has 0 amide bonds. The predicted molar refractivity (Wildman–Crippen MR) is 80.1 cm³/mol.